The molecular formula is C9H20N2. The number of hydrogen-bond donors (Lipinski definition) is 1. The zero-order valence-electron chi connectivity index (χ0n) is 7.77. The van der Waals surface area contributed by atoms with E-state index >= 15 is 0 Å². The van der Waals surface area contributed by atoms with Crippen LogP contribution in [0.25, 0.3) is 0 Å². The topological polar surface area (TPSA) is 15.3 Å². The molecule has 0 bridgehead atoms. The van der Waals surface area contributed by atoms with Crippen LogP contribution in [0.15, 0.2) is 12.7 Å². The van der Waals surface area contributed by atoms with Crippen molar-refractivity contribution in [2.24, 2.45) is 0 Å². The molecule has 11 heavy (non-hydrogen) atoms. The summed E-state index contributed by atoms with van der Waals surface area (Å²) >= 11 is 0. The Kier molecular flexibility index (Phi) is 7.52. The Morgan fingerprint density at radius 2 is 2.09 bits per heavy atom. The molecule has 0 aliphatic carbocycles. The second kappa shape index (κ2) is 7.76. The van der Waals surface area contributed by atoms with Crippen LogP contribution in [0, 0.1) is 0 Å². The first-order chi connectivity index (χ1) is 5.27. The number of nitrogens with zero attached hydrogens (tertiary/aromatic N) is 1. The SMILES string of the molecule is C=CCCNCCCN(C)C. The molecule has 0 saturated carbocycles. The smallest absolute Gasteiger partial charge is 0.00127 e. The van der Waals surface area contributed by atoms with Crippen molar-refractivity contribution in [2.45, 2.75) is 12.8 Å². The first-order valence-electron chi connectivity index (χ1n) is 4.23. The van der Waals surface area contributed by atoms with Crippen molar-refractivity contribution in [2.75, 3.05) is 33.7 Å². The van der Waals surface area contributed by atoms with Crippen LogP contribution in [0.2, 0.25) is 0 Å². The van der Waals surface area contributed by atoms with E-state index in [1.165, 1.54) is 13.0 Å². The molecule has 0 spiro atoms. The quantitative estimate of drug-likeness (QED) is 0.439. The normalized spacial score (nSPS) is 10.5. The van der Waals surface area contributed by atoms with Crippen LogP contribution < -0.4 is 5.32 Å². The third kappa shape index (κ3) is 9.66. The van der Waals surface area contributed by atoms with E-state index in [9.17, 15) is 0 Å². The molecule has 0 aromatic carbocycles. The van der Waals surface area contributed by atoms with Crippen LogP contribution in [0.5, 0.6) is 0 Å². The fourth-order valence-corrected chi connectivity index (χ4v) is 0.849. The van der Waals surface area contributed by atoms with Gasteiger partial charge in [0.05, 0.1) is 0 Å². The highest BCUT2D eigenvalue weighted by Gasteiger charge is 1.88. The summed E-state index contributed by atoms with van der Waals surface area (Å²) in [5.74, 6) is 0. The van der Waals surface area contributed by atoms with Crippen LogP contribution in [0.3, 0.4) is 0 Å². The fraction of sp³-hybridized carbons (Fsp3) is 0.778. The molecule has 0 saturated heterocycles. The Hall–Kier alpha value is -0.340. The molecule has 66 valence electrons. The van der Waals surface area contributed by atoms with E-state index < -0.39 is 0 Å². The summed E-state index contributed by atoms with van der Waals surface area (Å²) in [6.07, 6.45) is 4.24. The first-order valence-corrected chi connectivity index (χ1v) is 4.23. The molecule has 0 aliphatic heterocycles. The van der Waals surface area contributed by atoms with Crippen molar-refractivity contribution in [3.63, 3.8) is 0 Å². The Morgan fingerprint density at radius 3 is 2.64 bits per heavy atom. The van der Waals surface area contributed by atoms with Gasteiger partial charge >= 0.3 is 0 Å². The largest absolute Gasteiger partial charge is 0.316 e. The third-order valence-electron chi connectivity index (χ3n) is 1.48. The summed E-state index contributed by atoms with van der Waals surface area (Å²) in [5, 5.41) is 3.34. The summed E-state index contributed by atoms with van der Waals surface area (Å²) in [7, 11) is 4.20. The minimum absolute atomic E-state index is 1.07. The first kappa shape index (κ1) is 10.7. The summed E-state index contributed by atoms with van der Waals surface area (Å²) in [5.41, 5.74) is 0. The lowest BCUT2D eigenvalue weighted by Crippen LogP contribution is -2.21. The van der Waals surface area contributed by atoms with Gasteiger partial charge in [0.1, 0.15) is 0 Å². The molecule has 0 rings (SSSR count). The zero-order chi connectivity index (χ0) is 8.53. The van der Waals surface area contributed by atoms with Crippen molar-refractivity contribution < 1.29 is 0 Å². The fourth-order valence-electron chi connectivity index (χ4n) is 0.849. The molecule has 0 amide bonds. The van der Waals surface area contributed by atoms with Gasteiger partial charge < -0.3 is 10.2 Å². The van der Waals surface area contributed by atoms with E-state index in [0.29, 0.717) is 0 Å². The number of nitrogens with one attached hydrogen (secondary N) is 1. The van der Waals surface area contributed by atoms with E-state index in [4.69, 9.17) is 0 Å². The van der Waals surface area contributed by atoms with Gasteiger partial charge in [0, 0.05) is 0 Å². The zero-order valence-corrected chi connectivity index (χ0v) is 7.77. The second-order valence-corrected chi connectivity index (χ2v) is 2.98. The van der Waals surface area contributed by atoms with Crippen LogP contribution in [0.1, 0.15) is 12.8 Å². The maximum Gasteiger partial charge on any atom is -0.00127 e. The minimum Gasteiger partial charge on any atom is -0.316 e. The van der Waals surface area contributed by atoms with Crippen LogP contribution in [-0.4, -0.2) is 38.6 Å². The predicted octanol–water partition coefficient (Wildman–Crippen LogP) is 1.10. The average Bonchev–Trinajstić information content (AvgIpc) is 1.96. The molecule has 2 nitrogen and oxygen atoms in total. The van der Waals surface area contributed by atoms with Gasteiger partial charge in [-0.25, -0.2) is 0 Å². The molecule has 2 heteroatoms. The Bertz CT molecular complexity index is 89.6. The van der Waals surface area contributed by atoms with Crippen molar-refractivity contribution in [3.8, 4) is 0 Å². The predicted molar refractivity (Wildman–Crippen MR) is 50.9 cm³/mol. The molecule has 0 aromatic rings. The van der Waals surface area contributed by atoms with E-state index in [0.717, 1.165) is 19.5 Å². The van der Waals surface area contributed by atoms with Gasteiger partial charge in [-0.3, -0.25) is 0 Å². The monoisotopic (exact) mass is 156 g/mol. The highest BCUT2D eigenvalue weighted by atomic mass is 15.0. The Morgan fingerprint density at radius 1 is 1.36 bits per heavy atom. The van der Waals surface area contributed by atoms with Gasteiger partial charge in [-0.1, -0.05) is 6.08 Å². The lowest BCUT2D eigenvalue weighted by Gasteiger charge is -2.08. The minimum atomic E-state index is 1.07. The van der Waals surface area contributed by atoms with Gasteiger partial charge in [-0.15, -0.1) is 6.58 Å². The van der Waals surface area contributed by atoms with Crippen molar-refractivity contribution in [1.29, 1.82) is 0 Å². The van der Waals surface area contributed by atoms with Crippen LogP contribution >= 0.6 is 0 Å². The third-order valence-corrected chi connectivity index (χ3v) is 1.48. The highest BCUT2D eigenvalue weighted by Crippen LogP contribution is 1.81. The second-order valence-electron chi connectivity index (χ2n) is 2.98. The van der Waals surface area contributed by atoms with E-state index in [1.807, 2.05) is 6.08 Å². The van der Waals surface area contributed by atoms with Gasteiger partial charge in [0.2, 0.25) is 0 Å². The molecule has 0 atom stereocenters. The molecule has 0 radical (unpaired) electrons. The lowest BCUT2D eigenvalue weighted by atomic mass is 10.3. The van der Waals surface area contributed by atoms with Gasteiger partial charge in [0.15, 0.2) is 0 Å². The molecule has 0 fully saturated rings. The van der Waals surface area contributed by atoms with Gasteiger partial charge in [-0.05, 0) is 46.6 Å². The summed E-state index contributed by atoms with van der Waals surface area (Å²) < 4.78 is 0. The number of hydrogen-bond acceptors (Lipinski definition) is 2. The molecule has 0 unspecified atom stereocenters. The van der Waals surface area contributed by atoms with Crippen molar-refractivity contribution in [1.82, 2.24) is 10.2 Å². The maximum atomic E-state index is 3.66. The van der Waals surface area contributed by atoms with E-state index in [2.05, 4.69) is 30.9 Å². The van der Waals surface area contributed by atoms with Gasteiger partial charge in [-0.2, -0.15) is 0 Å². The molecular weight excluding hydrogens is 136 g/mol. The summed E-state index contributed by atoms with van der Waals surface area (Å²) in [6, 6.07) is 0. The summed E-state index contributed by atoms with van der Waals surface area (Å²) in [4.78, 5) is 2.20. The van der Waals surface area contributed by atoms with Crippen LogP contribution in [0.4, 0.5) is 0 Å². The lowest BCUT2D eigenvalue weighted by molar-refractivity contribution is 0.395. The van der Waals surface area contributed by atoms with Crippen molar-refractivity contribution in [3.05, 3.63) is 12.7 Å². The molecule has 1 N–H and O–H groups in total. The average molecular weight is 156 g/mol. The highest BCUT2D eigenvalue weighted by molar-refractivity contribution is 4.67. The Labute approximate surface area is 70.3 Å². The molecule has 0 aliphatic rings. The molecule has 0 aromatic heterocycles. The van der Waals surface area contributed by atoms with Crippen LogP contribution in [-0.2, 0) is 0 Å². The van der Waals surface area contributed by atoms with E-state index in [-0.39, 0.29) is 0 Å². The van der Waals surface area contributed by atoms with Gasteiger partial charge in [0.25, 0.3) is 0 Å². The summed E-state index contributed by atoms with van der Waals surface area (Å²) in [6.45, 7) is 7.01. The maximum absolute atomic E-state index is 3.66. The standard InChI is InChI=1S/C9H20N2/c1-4-5-7-10-8-6-9-11(2)3/h4,10H,1,5-9H2,2-3H3. The number of rotatable bonds is 7. The molecule has 0 heterocycles. The van der Waals surface area contributed by atoms with Crippen molar-refractivity contribution >= 4 is 0 Å². The Balaban J connectivity index is 2.85. The van der Waals surface area contributed by atoms with E-state index in [1.54, 1.807) is 0 Å².